The Bertz CT molecular complexity index is 461. The second-order valence-electron chi connectivity index (χ2n) is 4.89. The Morgan fingerprint density at radius 3 is 1.80 bits per heavy atom. The molecule has 0 aliphatic rings. The number of carbonyl (C=O) groups excluding carboxylic acids is 1. The van der Waals surface area contributed by atoms with Crippen molar-refractivity contribution in [3.63, 3.8) is 0 Å². The van der Waals surface area contributed by atoms with Crippen LogP contribution in [0.2, 0.25) is 10.6 Å². The van der Waals surface area contributed by atoms with Gasteiger partial charge in [-0.2, -0.15) is 0 Å². The summed E-state index contributed by atoms with van der Waals surface area (Å²) in [6.07, 6.45) is -0.0931. The van der Waals surface area contributed by atoms with Crippen molar-refractivity contribution in [2.45, 2.75) is 41.6 Å². The van der Waals surface area contributed by atoms with Gasteiger partial charge in [-0.15, -0.1) is 0 Å². The quantitative estimate of drug-likeness (QED) is 0.205. The van der Waals surface area contributed by atoms with Crippen molar-refractivity contribution in [3.05, 3.63) is 0 Å². The average molecular weight is 493 g/mol. The van der Waals surface area contributed by atoms with Crippen molar-refractivity contribution in [2.75, 3.05) is 14.1 Å². The van der Waals surface area contributed by atoms with E-state index in [9.17, 15) is 19.2 Å². The minimum atomic E-state index is -1.18. The predicted octanol–water partition coefficient (Wildman–Crippen LogP) is -2.61. The van der Waals surface area contributed by atoms with E-state index in [0.29, 0.717) is 5.32 Å². The number of amides is 1. The fraction of sp³-hybridized carbons (Fsp3) is 0.692. The van der Waals surface area contributed by atoms with E-state index in [-0.39, 0.29) is 18.2 Å². The number of nitrogens with zero attached hydrogens (tertiary/aromatic N) is 1. The van der Waals surface area contributed by atoms with E-state index < -0.39 is 41.9 Å². The first-order chi connectivity index (χ1) is 11.5. The summed E-state index contributed by atoms with van der Waals surface area (Å²) in [5.41, 5.74) is 5.24. The molecule has 0 unspecified atom stereocenters. The van der Waals surface area contributed by atoms with Gasteiger partial charge in [-0.25, -0.2) is 0 Å². The van der Waals surface area contributed by atoms with E-state index in [0.717, 1.165) is 4.90 Å². The Hall–Kier alpha value is -1.16. The molecule has 0 aliphatic carbocycles. The van der Waals surface area contributed by atoms with Crippen LogP contribution in [0.15, 0.2) is 0 Å². The Morgan fingerprint density at radius 1 is 1.04 bits per heavy atom. The van der Waals surface area contributed by atoms with Crippen LogP contribution in [0, 0.1) is 0 Å². The molecule has 0 aromatic carbocycles. The number of likely N-dealkylation sites (N-methyl/N-ethyl adjacent to an activating group) is 2. The van der Waals surface area contributed by atoms with Gasteiger partial charge in [-0.05, 0) is 0 Å². The number of nitrogens with one attached hydrogen (secondary N) is 1. The van der Waals surface area contributed by atoms with Crippen molar-refractivity contribution < 1.29 is 34.5 Å². The van der Waals surface area contributed by atoms with Gasteiger partial charge < -0.3 is 0 Å². The van der Waals surface area contributed by atoms with Crippen LogP contribution in [0.5, 0.6) is 0 Å². The van der Waals surface area contributed by atoms with Crippen molar-refractivity contribution >= 4 is 55.8 Å². The molecule has 25 heavy (non-hydrogen) atoms. The number of carbonyl (C=O) groups is 4. The van der Waals surface area contributed by atoms with Crippen molar-refractivity contribution in [1.82, 2.24) is 10.2 Å². The molecular formula is C13H25N3O7Se2. The molecule has 1 amide bonds. The topological polar surface area (TPSA) is 170 Å². The third-order valence-corrected chi connectivity index (χ3v) is 4.63. The van der Waals surface area contributed by atoms with Gasteiger partial charge in [0.2, 0.25) is 0 Å². The van der Waals surface area contributed by atoms with Crippen LogP contribution in [-0.4, -0.2) is 108 Å². The van der Waals surface area contributed by atoms with Gasteiger partial charge in [0.15, 0.2) is 0 Å². The van der Waals surface area contributed by atoms with Crippen LogP contribution >= 0.6 is 0 Å². The molecule has 6 N–H and O–H groups in total. The number of nitrogens with two attached hydrogens (primary N) is 1. The van der Waals surface area contributed by atoms with Crippen LogP contribution in [-0.2, 0) is 19.2 Å². The number of carboxylic acid groups (broad SMARTS) is 3. The number of rotatable bonds is 10. The molecule has 0 aromatic rings. The molecular weight excluding hydrogens is 468 g/mol. The van der Waals surface area contributed by atoms with E-state index in [1.54, 1.807) is 7.05 Å². The molecule has 0 aliphatic heterocycles. The molecule has 0 fully saturated rings. The van der Waals surface area contributed by atoms with Crippen LogP contribution in [0.4, 0.5) is 0 Å². The first-order valence-electron chi connectivity index (χ1n) is 7.12. The van der Waals surface area contributed by atoms with Crippen molar-refractivity contribution in [1.29, 1.82) is 0 Å². The SMILES string of the molecule is CN(C(=O)CC[C@H](N)C(=O)O)[C@@H](C[SeH])C(=O)O.CN[C@@H](C[SeH])C(=O)O. The fourth-order valence-corrected chi connectivity index (χ4v) is 2.96. The van der Waals surface area contributed by atoms with Crippen LogP contribution < -0.4 is 11.1 Å². The Morgan fingerprint density at radius 2 is 1.56 bits per heavy atom. The summed E-state index contributed by atoms with van der Waals surface area (Å²) >= 11 is 4.33. The molecule has 12 heteroatoms. The molecule has 146 valence electrons. The monoisotopic (exact) mass is 495 g/mol. The summed E-state index contributed by atoms with van der Waals surface area (Å²) in [4.78, 5) is 44.0. The molecule has 0 bridgehead atoms. The van der Waals surface area contributed by atoms with Crippen LogP contribution in [0.3, 0.4) is 0 Å². The van der Waals surface area contributed by atoms with Crippen LogP contribution in [0.1, 0.15) is 12.8 Å². The minimum absolute atomic E-state index is 0.0105. The normalized spacial score (nSPS) is 13.6. The summed E-state index contributed by atoms with van der Waals surface area (Å²) in [5.74, 6) is -3.50. The summed E-state index contributed by atoms with van der Waals surface area (Å²) in [6, 6.07) is -2.42. The second-order valence-corrected chi connectivity index (χ2v) is 6.42. The standard InChI is InChI=1S/C9H16N2O5Se.C4H9NO2Se/c1-11(6(4-17)9(15)16)7(12)3-2-5(10)8(13)14;1-5-3(2-8)4(6)7/h5-6,17H,2-4,10H2,1H3,(H,13,14)(H,15,16);3,5,8H,2H2,1H3,(H,6,7)/t5-,6-;3-/m00/s1. The van der Waals surface area contributed by atoms with Crippen molar-refractivity contribution in [3.8, 4) is 0 Å². The molecule has 0 heterocycles. The third kappa shape index (κ3) is 11.1. The fourth-order valence-electron chi connectivity index (χ4n) is 1.41. The summed E-state index contributed by atoms with van der Waals surface area (Å²) in [6.45, 7) is 0. The van der Waals surface area contributed by atoms with Gasteiger partial charge in [0.05, 0.1) is 0 Å². The van der Waals surface area contributed by atoms with E-state index in [4.69, 9.17) is 21.1 Å². The van der Waals surface area contributed by atoms with Gasteiger partial charge in [-0.1, -0.05) is 0 Å². The number of hydrogen-bond donors (Lipinski definition) is 5. The maximum absolute atomic E-state index is 11.6. The number of hydrogen-bond acceptors (Lipinski definition) is 6. The van der Waals surface area contributed by atoms with Gasteiger partial charge in [0.25, 0.3) is 0 Å². The first-order valence-corrected chi connectivity index (χ1v) is 9.77. The summed E-state index contributed by atoms with van der Waals surface area (Å²) in [7, 11) is 3.01. The molecule has 0 saturated carbocycles. The van der Waals surface area contributed by atoms with E-state index >= 15 is 0 Å². The van der Waals surface area contributed by atoms with E-state index in [1.807, 2.05) is 0 Å². The Kier molecular flexibility index (Phi) is 14.7. The zero-order valence-corrected chi connectivity index (χ0v) is 17.7. The zero-order valence-electron chi connectivity index (χ0n) is 14.0. The molecule has 0 aromatic heterocycles. The zero-order chi connectivity index (χ0) is 20.2. The molecule has 0 radical (unpaired) electrons. The van der Waals surface area contributed by atoms with Gasteiger partial charge in [0, 0.05) is 0 Å². The Balaban J connectivity index is 0. The van der Waals surface area contributed by atoms with E-state index in [1.165, 1.54) is 7.05 Å². The first kappa shape index (κ1) is 26.1. The maximum atomic E-state index is 11.6. The molecule has 0 rings (SSSR count). The van der Waals surface area contributed by atoms with E-state index in [2.05, 4.69) is 37.3 Å². The Labute approximate surface area is 162 Å². The number of carboxylic acids is 3. The van der Waals surface area contributed by atoms with Crippen molar-refractivity contribution in [2.24, 2.45) is 5.73 Å². The molecule has 3 atom stereocenters. The second kappa shape index (κ2) is 14.1. The van der Waals surface area contributed by atoms with Gasteiger partial charge in [-0.3, -0.25) is 0 Å². The van der Waals surface area contributed by atoms with Crippen LogP contribution in [0.25, 0.3) is 0 Å². The molecule has 10 nitrogen and oxygen atoms in total. The number of aliphatic carboxylic acids is 3. The average Bonchev–Trinajstić information content (AvgIpc) is 2.53. The molecule has 0 spiro atoms. The summed E-state index contributed by atoms with van der Waals surface area (Å²) in [5, 5.41) is 29.1. The third-order valence-electron chi connectivity index (χ3n) is 3.13. The predicted molar refractivity (Wildman–Crippen MR) is 93.4 cm³/mol. The van der Waals surface area contributed by atoms with Gasteiger partial charge in [0.1, 0.15) is 0 Å². The van der Waals surface area contributed by atoms with Gasteiger partial charge >= 0.3 is 162 Å². The summed E-state index contributed by atoms with van der Waals surface area (Å²) < 4.78 is 0. The molecule has 0 saturated heterocycles.